The first-order valence-electron chi connectivity index (χ1n) is 8.57. The topological polar surface area (TPSA) is 68.5 Å². The van der Waals surface area contributed by atoms with E-state index < -0.39 is 0 Å². The van der Waals surface area contributed by atoms with Crippen LogP contribution >= 0.6 is 23.4 Å². The van der Waals surface area contributed by atoms with Crippen LogP contribution in [0.15, 0.2) is 51.9 Å². The van der Waals surface area contributed by atoms with Gasteiger partial charge in [0.2, 0.25) is 5.89 Å². The van der Waals surface area contributed by atoms with Gasteiger partial charge in [-0.3, -0.25) is 4.79 Å². The van der Waals surface area contributed by atoms with E-state index in [0.717, 1.165) is 10.5 Å². The quantitative estimate of drug-likeness (QED) is 0.523. The lowest BCUT2D eigenvalue weighted by Crippen LogP contribution is -2.26. The number of rotatable bonds is 7. The Bertz CT molecular complexity index is 977. The zero-order valence-corrected chi connectivity index (χ0v) is 17.4. The minimum Gasteiger partial charge on any atom is -0.496 e. The van der Waals surface area contributed by atoms with Crippen LogP contribution in [0.25, 0.3) is 0 Å². The fraction of sp³-hybridized carbons (Fsp3) is 0.250. The van der Waals surface area contributed by atoms with Crippen LogP contribution in [0.1, 0.15) is 27.6 Å². The molecule has 0 fully saturated rings. The summed E-state index contributed by atoms with van der Waals surface area (Å²) in [6, 6.07) is 12.8. The zero-order chi connectivity index (χ0) is 20.1. The molecule has 0 bridgehead atoms. The summed E-state index contributed by atoms with van der Waals surface area (Å²) >= 11 is 7.58. The standard InChI is InChI=1S/C20H20ClN3O3S/c1-13-22-19(27-23-13)12-28-18-7-5-4-6-16(18)20(25)24(2)11-14-10-15(21)8-9-17(14)26-3/h4-10H,11-12H2,1-3H3. The minimum absolute atomic E-state index is 0.0909. The molecule has 0 N–H and O–H groups in total. The predicted molar refractivity (Wildman–Crippen MR) is 109 cm³/mol. The monoisotopic (exact) mass is 417 g/mol. The smallest absolute Gasteiger partial charge is 0.255 e. The number of carbonyl (C=O) groups is 1. The van der Waals surface area contributed by atoms with Gasteiger partial charge in [0.05, 0.1) is 18.4 Å². The molecule has 28 heavy (non-hydrogen) atoms. The Balaban J connectivity index is 1.75. The second kappa shape index (κ2) is 9.12. The van der Waals surface area contributed by atoms with Gasteiger partial charge in [-0.05, 0) is 37.3 Å². The molecule has 1 amide bonds. The lowest BCUT2D eigenvalue weighted by Gasteiger charge is -2.20. The van der Waals surface area contributed by atoms with Crippen molar-refractivity contribution in [1.82, 2.24) is 15.0 Å². The van der Waals surface area contributed by atoms with Crippen LogP contribution in [0, 0.1) is 6.92 Å². The molecule has 1 aromatic heterocycles. The molecule has 1 heterocycles. The van der Waals surface area contributed by atoms with E-state index in [1.165, 1.54) is 11.8 Å². The van der Waals surface area contributed by atoms with Crippen LogP contribution in [-0.4, -0.2) is 35.1 Å². The Labute approximate surface area is 172 Å². The van der Waals surface area contributed by atoms with Crippen molar-refractivity contribution in [3.8, 4) is 5.75 Å². The number of nitrogens with zero attached hydrogens (tertiary/aromatic N) is 3. The number of thioether (sulfide) groups is 1. The molecule has 0 aliphatic carbocycles. The lowest BCUT2D eigenvalue weighted by molar-refractivity contribution is 0.0781. The van der Waals surface area contributed by atoms with Gasteiger partial charge < -0.3 is 14.2 Å². The fourth-order valence-electron chi connectivity index (χ4n) is 2.71. The molecule has 3 aromatic rings. The van der Waals surface area contributed by atoms with Crippen molar-refractivity contribution in [1.29, 1.82) is 0 Å². The maximum atomic E-state index is 13.1. The van der Waals surface area contributed by atoms with Gasteiger partial charge in [-0.1, -0.05) is 28.9 Å². The number of aromatic nitrogens is 2. The summed E-state index contributed by atoms with van der Waals surface area (Å²) in [5, 5.41) is 4.39. The largest absolute Gasteiger partial charge is 0.496 e. The molecule has 0 unspecified atom stereocenters. The number of carbonyl (C=O) groups excluding carboxylic acids is 1. The third kappa shape index (κ3) is 4.85. The number of benzene rings is 2. The Morgan fingerprint density at radius 3 is 2.79 bits per heavy atom. The molecule has 0 spiro atoms. The number of halogens is 1. The van der Waals surface area contributed by atoms with E-state index in [1.54, 1.807) is 38.1 Å². The van der Waals surface area contributed by atoms with E-state index in [2.05, 4.69) is 10.1 Å². The Morgan fingerprint density at radius 2 is 2.07 bits per heavy atom. The number of amides is 1. The number of ether oxygens (including phenoxy) is 1. The Kier molecular flexibility index (Phi) is 6.59. The summed E-state index contributed by atoms with van der Waals surface area (Å²) in [4.78, 5) is 19.8. The molecule has 0 aliphatic rings. The van der Waals surface area contributed by atoms with Crippen molar-refractivity contribution in [2.75, 3.05) is 14.2 Å². The van der Waals surface area contributed by atoms with Crippen molar-refractivity contribution in [3.63, 3.8) is 0 Å². The third-order valence-corrected chi connectivity index (χ3v) is 5.33. The van der Waals surface area contributed by atoms with Gasteiger partial charge in [0, 0.05) is 29.1 Å². The van der Waals surface area contributed by atoms with E-state index in [-0.39, 0.29) is 5.91 Å². The van der Waals surface area contributed by atoms with Crippen LogP contribution < -0.4 is 4.74 Å². The molecule has 0 atom stereocenters. The van der Waals surface area contributed by atoms with E-state index in [0.29, 0.717) is 40.3 Å². The number of aryl methyl sites for hydroxylation is 1. The van der Waals surface area contributed by atoms with E-state index in [4.69, 9.17) is 20.9 Å². The van der Waals surface area contributed by atoms with Crippen LogP contribution in [0.3, 0.4) is 0 Å². The maximum Gasteiger partial charge on any atom is 0.255 e. The number of hydrogen-bond donors (Lipinski definition) is 0. The first-order chi connectivity index (χ1) is 13.5. The van der Waals surface area contributed by atoms with Crippen LogP contribution in [0.4, 0.5) is 0 Å². The molecule has 0 aliphatic heterocycles. The summed E-state index contributed by atoms with van der Waals surface area (Å²) in [5.41, 5.74) is 1.46. The van der Waals surface area contributed by atoms with Gasteiger partial charge in [0.15, 0.2) is 5.82 Å². The first kappa shape index (κ1) is 20.2. The third-order valence-electron chi connectivity index (χ3n) is 4.03. The van der Waals surface area contributed by atoms with Crippen molar-refractivity contribution in [3.05, 3.63) is 70.3 Å². The highest BCUT2D eigenvalue weighted by Crippen LogP contribution is 2.28. The van der Waals surface area contributed by atoms with Crippen LogP contribution in [-0.2, 0) is 12.3 Å². The van der Waals surface area contributed by atoms with Gasteiger partial charge in [-0.15, -0.1) is 11.8 Å². The highest BCUT2D eigenvalue weighted by molar-refractivity contribution is 7.98. The van der Waals surface area contributed by atoms with Gasteiger partial charge >= 0.3 is 0 Å². The van der Waals surface area contributed by atoms with Crippen LogP contribution in [0.5, 0.6) is 5.75 Å². The van der Waals surface area contributed by atoms with E-state index >= 15 is 0 Å². The van der Waals surface area contributed by atoms with E-state index in [1.807, 2.05) is 30.3 Å². The second-order valence-electron chi connectivity index (χ2n) is 6.14. The molecule has 0 saturated carbocycles. The predicted octanol–water partition coefficient (Wildman–Crippen LogP) is 4.60. The average Bonchev–Trinajstić information content (AvgIpc) is 3.11. The summed E-state index contributed by atoms with van der Waals surface area (Å²) < 4.78 is 10.5. The fourth-order valence-corrected chi connectivity index (χ4v) is 3.79. The summed E-state index contributed by atoms with van der Waals surface area (Å²) in [7, 11) is 3.35. The molecule has 0 radical (unpaired) electrons. The van der Waals surface area contributed by atoms with Gasteiger partial charge in [0.1, 0.15) is 5.75 Å². The first-order valence-corrected chi connectivity index (χ1v) is 9.93. The maximum absolute atomic E-state index is 13.1. The van der Waals surface area contributed by atoms with Crippen molar-refractivity contribution in [2.24, 2.45) is 0 Å². The minimum atomic E-state index is -0.0909. The molecule has 3 rings (SSSR count). The summed E-state index contributed by atoms with van der Waals surface area (Å²) in [6.45, 7) is 2.15. The molecule has 2 aromatic carbocycles. The number of hydrogen-bond acceptors (Lipinski definition) is 6. The highest BCUT2D eigenvalue weighted by Gasteiger charge is 2.18. The molecular formula is C20H20ClN3O3S. The van der Waals surface area contributed by atoms with Gasteiger partial charge in [0.25, 0.3) is 5.91 Å². The normalized spacial score (nSPS) is 10.7. The van der Waals surface area contributed by atoms with Crippen molar-refractivity contribution < 1.29 is 14.1 Å². The summed E-state index contributed by atoms with van der Waals surface area (Å²) in [5.74, 6) is 2.22. The zero-order valence-electron chi connectivity index (χ0n) is 15.8. The Morgan fingerprint density at radius 1 is 1.29 bits per heavy atom. The molecule has 6 nitrogen and oxygen atoms in total. The van der Waals surface area contributed by atoms with Crippen LogP contribution in [0.2, 0.25) is 5.02 Å². The van der Waals surface area contributed by atoms with Crippen molar-refractivity contribution >= 4 is 29.3 Å². The second-order valence-corrected chi connectivity index (χ2v) is 7.59. The Hall–Kier alpha value is -2.51. The van der Waals surface area contributed by atoms with E-state index in [9.17, 15) is 4.79 Å². The van der Waals surface area contributed by atoms with Gasteiger partial charge in [-0.2, -0.15) is 4.98 Å². The number of methoxy groups -OCH3 is 1. The highest BCUT2D eigenvalue weighted by atomic mass is 35.5. The molecular weight excluding hydrogens is 398 g/mol. The summed E-state index contributed by atoms with van der Waals surface area (Å²) in [6.07, 6.45) is 0. The van der Waals surface area contributed by atoms with Crippen molar-refractivity contribution in [2.45, 2.75) is 24.1 Å². The molecule has 146 valence electrons. The average molecular weight is 418 g/mol. The van der Waals surface area contributed by atoms with Gasteiger partial charge in [-0.25, -0.2) is 0 Å². The molecule has 8 heteroatoms. The molecule has 0 saturated heterocycles. The lowest BCUT2D eigenvalue weighted by atomic mass is 10.1. The SMILES string of the molecule is COc1ccc(Cl)cc1CN(C)C(=O)c1ccccc1SCc1nc(C)no1.